The van der Waals surface area contributed by atoms with E-state index in [4.69, 9.17) is 4.74 Å². The highest BCUT2D eigenvalue weighted by atomic mass is 79.9. The van der Waals surface area contributed by atoms with Crippen molar-refractivity contribution in [2.45, 2.75) is 13.0 Å². The topological polar surface area (TPSA) is 29.5 Å². The third-order valence-corrected chi connectivity index (χ3v) is 3.48. The molecule has 0 aliphatic heterocycles. The van der Waals surface area contributed by atoms with Crippen LogP contribution in [0, 0.1) is 12.7 Å². The fourth-order valence-electron chi connectivity index (χ4n) is 1.94. The molecule has 1 N–H and O–H groups in total. The monoisotopic (exact) mass is 324 g/mol. The Labute approximate surface area is 120 Å². The van der Waals surface area contributed by atoms with Crippen LogP contribution in [-0.2, 0) is 0 Å². The number of ether oxygens (including phenoxy) is 1. The number of methoxy groups -OCH3 is 1. The van der Waals surface area contributed by atoms with Gasteiger partial charge in [-0.2, -0.15) is 0 Å². The first kappa shape index (κ1) is 14.0. The van der Waals surface area contributed by atoms with Crippen LogP contribution in [0.15, 0.2) is 40.9 Å². The van der Waals surface area contributed by atoms with Crippen LogP contribution in [-0.4, -0.2) is 12.2 Å². The Bertz CT molecular complexity index is 599. The van der Waals surface area contributed by atoms with Gasteiger partial charge in [0.25, 0.3) is 0 Å². The summed E-state index contributed by atoms with van der Waals surface area (Å²) in [4.78, 5) is 0. The summed E-state index contributed by atoms with van der Waals surface area (Å²) < 4.78 is 19.4. The average Bonchev–Trinajstić information content (AvgIpc) is 2.41. The molecule has 0 amide bonds. The quantitative estimate of drug-likeness (QED) is 0.925. The number of aliphatic hydroxyl groups is 1. The third kappa shape index (κ3) is 2.96. The Morgan fingerprint density at radius 2 is 1.95 bits per heavy atom. The van der Waals surface area contributed by atoms with Crippen LogP contribution in [0.25, 0.3) is 0 Å². The molecule has 19 heavy (non-hydrogen) atoms. The molecule has 2 aromatic carbocycles. The van der Waals surface area contributed by atoms with Crippen molar-refractivity contribution < 1.29 is 14.2 Å². The van der Waals surface area contributed by atoms with Gasteiger partial charge in [-0.3, -0.25) is 0 Å². The number of hydrogen-bond donors (Lipinski definition) is 1. The lowest BCUT2D eigenvalue weighted by molar-refractivity contribution is 0.214. The second-order valence-corrected chi connectivity index (χ2v) is 5.21. The van der Waals surface area contributed by atoms with Crippen molar-refractivity contribution >= 4 is 15.9 Å². The summed E-state index contributed by atoms with van der Waals surface area (Å²) in [7, 11) is 1.55. The molecule has 0 saturated carbocycles. The van der Waals surface area contributed by atoms with Gasteiger partial charge in [-0.15, -0.1) is 0 Å². The number of rotatable bonds is 3. The van der Waals surface area contributed by atoms with Gasteiger partial charge in [0.15, 0.2) is 0 Å². The Morgan fingerprint density at radius 3 is 2.58 bits per heavy atom. The highest BCUT2D eigenvalue weighted by Gasteiger charge is 2.16. The molecule has 0 spiro atoms. The first-order chi connectivity index (χ1) is 9.02. The number of benzene rings is 2. The van der Waals surface area contributed by atoms with Crippen molar-refractivity contribution in [1.29, 1.82) is 0 Å². The van der Waals surface area contributed by atoms with Crippen LogP contribution < -0.4 is 4.74 Å². The van der Waals surface area contributed by atoms with Gasteiger partial charge in [0.2, 0.25) is 0 Å². The maximum Gasteiger partial charge on any atom is 0.126 e. The molecule has 0 fully saturated rings. The molecular formula is C15H14BrFO2. The Kier molecular flexibility index (Phi) is 4.22. The van der Waals surface area contributed by atoms with Crippen LogP contribution in [0.4, 0.5) is 4.39 Å². The van der Waals surface area contributed by atoms with Gasteiger partial charge in [-0.1, -0.05) is 28.1 Å². The smallest absolute Gasteiger partial charge is 0.126 e. The van der Waals surface area contributed by atoms with Crippen molar-refractivity contribution in [1.82, 2.24) is 0 Å². The molecule has 0 saturated heterocycles. The Balaban J connectivity index is 2.45. The van der Waals surface area contributed by atoms with Crippen molar-refractivity contribution in [3.63, 3.8) is 0 Å². The Morgan fingerprint density at radius 1 is 1.21 bits per heavy atom. The summed E-state index contributed by atoms with van der Waals surface area (Å²) in [6, 6.07) is 9.98. The van der Waals surface area contributed by atoms with E-state index in [1.807, 2.05) is 6.07 Å². The van der Waals surface area contributed by atoms with E-state index in [1.165, 1.54) is 6.07 Å². The molecule has 0 aliphatic rings. The number of hydrogen-bond acceptors (Lipinski definition) is 2. The first-order valence-corrected chi connectivity index (χ1v) is 6.59. The Hall–Kier alpha value is -1.39. The standard InChI is InChI=1S/C15H14BrFO2/c1-9-7-10(3-5-13(9)17)15(18)12-8-11(16)4-6-14(12)19-2/h3-8,15,18H,1-2H3. The maximum atomic E-state index is 13.3. The number of aryl methyl sites for hydroxylation is 1. The van der Waals surface area contributed by atoms with Gasteiger partial charge >= 0.3 is 0 Å². The van der Waals surface area contributed by atoms with Crippen LogP contribution >= 0.6 is 15.9 Å². The lowest BCUT2D eigenvalue weighted by Crippen LogP contribution is -2.03. The lowest BCUT2D eigenvalue weighted by Gasteiger charge is -2.16. The maximum absolute atomic E-state index is 13.3. The van der Waals surface area contributed by atoms with Gasteiger partial charge in [0.1, 0.15) is 17.7 Å². The summed E-state index contributed by atoms with van der Waals surface area (Å²) in [6.07, 6.45) is -0.855. The predicted octanol–water partition coefficient (Wildman–Crippen LogP) is 3.99. The lowest BCUT2D eigenvalue weighted by atomic mass is 9.99. The SMILES string of the molecule is COc1ccc(Br)cc1C(O)c1ccc(F)c(C)c1. The molecule has 100 valence electrons. The minimum Gasteiger partial charge on any atom is -0.496 e. The van der Waals surface area contributed by atoms with Gasteiger partial charge < -0.3 is 9.84 Å². The van der Waals surface area contributed by atoms with Gasteiger partial charge in [-0.05, 0) is 42.3 Å². The summed E-state index contributed by atoms with van der Waals surface area (Å²) in [6.45, 7) is 1.67. The largest absolute Gasteiger partial charge is 0.496 e. The highest BCUT2D eigenvalue weighted by molar-refractivity contribution is 9.10. The number of aliphatic hydroxyl groups excluding tert-OH is 1. The fraction of sp³-hybridized carbons (Fsp3) is 0.200. The van der Waals surface area contributed by atoms with Crippen molar-refractivity contribution in [2.24, 2.45) is 0 Å². The van der Waals surface area contributed by atoms with E-state index in [0.29, 0.717) is 22.4 Å². The molecule has 2 rings (SSSR count). The molecule has 0 aliphatic carbocycles. The van der Waals surface area contributed by atoms with E-state index in [2.05, 4.69) is 15.9 Å². The third-order valence-electron chi connectivity index (χ3n) is 2.98. The molecule has 1 unspecified atom stereocenters. The second kappa shape index (κ2) is 5.72. The van der Waals surface area contributed by atoms with E-state index in [0.717, 1.165) is 4.47 Å². The minimum absolute atomic E-state index is 0.280. The highest BCUT2D eigenvalue weighted by Crippen LogP contribution is 2.32. The van der Waals surface area contributed by atoms with E-state index in [1.54, 1.807) is 38.3 Å². The van der Waals surface area contributed by atoms with Crippen molar-refractivity contribution in [3.8, 4) is 5.75 Å². The predicted molar refractivity (Wildman–Crippen MR) is 75.9 cm³/mol. The molecule has 0 heterocycles. The van der Waals surface area contributed by atoms with Crippen molar-refractivity contribution in [2.75, 3.05) is 7.11 Å². The van der Waals surface area contributed by atoms with E-state index in [-0.39, 0.29) is 5.82 Å². The molecule has 1 atom stereocenters. The molecular weight excluding hydrogens is 311 g/mol. The second-order valence-electron chi connectivity index (χ2n) is 4.30. The molecule has 0 bridgehead atoms. The fourth-order valence-corrected chi connectivity index (χ4v) is 2.32. The van der Waals surface area contributed by atoms with E-state index in [9.17, 15) is 9.50 Å². The average molecular weight is 325 g/mol. The van der Waals surface area contributed by atoms with Gasteiger partial charge in [0.05, 0.1) is 7.11 Å². The van der Waals surface area contributed by atoms with Crippen LogP contribution in [0.5, 0.6) is 5.75 Å². The zero-order chi connectivity index (χ0) is 14.0. The minimum atomic E-state index is -0.855. The van der Waals surface area contributed by atoms with Crippen molar-refractivity contribution in [3.05, 3.63) is 63.4 Å². The molecule has 0 aromatic heterocycles. The summed E-state index contributed by atoms with van der Waals surface area (Å²) in [5.74, 6) is 0.315. The summed E-state index contributed by atoms with van der Waals surface area (Å²) >= 11 is 3.37. The molecule has 2 nitrogen and oxygen atoms in total. The summed E-state index contributed by atoms with van der Waals surface area (Å²) in [5, 5.41) is 10.4. The van der Waals surface area contributed by atoms with Crippen LogP contribution in [0.1, 0.15) is 22.8 Å². The molecule has 0 radical (unpaired) electrons. The molecule has 2 aromatic rings. The summed E-state index contributed by atoms with van der Waals surface area (Å²) in [5.41, 5.74) is 1.78. The van der Waals surface area contributed by atoms with E-state index >= 15 is 0 Å². The molecule has 4 heteroatoms. The zero-order valence-electron chi connectivity index (χ0n) is 10.7. The normalized spacial score (nSPS) is 12.3. The first-order valence-electron chi connectivity index (χ1n) is 5.80. The number of halogens is 2. The van der Waals surface area contributed by atoms with Gasteiger partial charge in [0, 0.05) is 10.0 Å². The van der Waals surface area contributed by atoms with Crippen LogP contribution in [0.2, 0.25) is 0 Å². The van der Waals surface area contributed by atoms with Crippen LogP contribution in [0.3, 0.4) is 0 Å². The van der Waals surface area contributed by atoms with E-state index < -0.39 is 6.10 Å². The van der Waals surface area contributed by atoms with Gasteiger partial charge in [-0.25, -0.2) is 4.39 Å². The zero-order valence-corrected chi connectivity index (χ0v) is 12.2.